The Morgan fingerprint density at radius 3 is 3.24 bits per heavy atom. The van der Waals surface area contributed by atoms with Crippen molar-refractivity contribution in [3.63, 3.8) is 0 Å². The quantitative estimate of drug-likeness (QED) is 0.793. The zero-order valence-electron chi connectivity index (χ0n) is 11.2. The van der Waals surface area contributed by atoms with Gasteiger partial charge in [-0.15, -0.1) is 0 Å². The van der Waals surface area contributed by atoms with E-state index in [1.165, 1.54) is 5.56 Å². The van der Waals surface area contributed by atoms with Crippen molar-refractivity contribution in [1.29, 1.82) is 0 Å². The van der Waals surface area contributed by atoms with Crippen LogP contribution in [0.15, 0.2) is 41.1 Å². The Morgan fingerprint density at radius 1 is 1.33 bits per heavy atom. The Hall–Kier alpha value is -2.08. The molecule has 3 aromatic rings. The van der Waals surface area contributed by atoms with E-state index >= 15 is 0 Å². The van der Waals surface area contributed by atoms with Crippen LogP contribution in [0.5, 0.6) is 5.75 Å². The summed E-state index contributed by atoms with van der Waals surface area (Å²) in [5.74, 6) is 1.84. The van der Waals surface area contributed by atoms with E-state index in [9.17, 15) is 0 Å². The highest BCUT2D eigenvalue weighted by atomic mass is 79.9. The van der Waals surface area contributed by atoms with E-state index in [0.29, 0.717) is 6.54 Å². The number of hydrogen-bond acceptors (Lipinski definition) is 4. The highest BCUT2D eigenvalue weighted by Gasteiger charge is 2.17. The zero-order valence-corrected chi connectivity index (χ0v) is 12.8. The summed E-state index contributed by atoms with van der Waals surface area (Å²) in [6.45, 7) is 1.44. The maximum Gasteiger partial charge on any atom is 0.157 e. The molecule has 0 aliphatic carbocycles. The van der Waals surface area contributed by atoms with E-state index in [2.05, 4.69) is 43.5 Å². The minimum Gasteiger partial charge on any atom is -0.493 e. The van der Waals surface area contributed by atoms with Gasteiger partial charge in [-0.3, -0.25) is 0 Å². The van der Waals surface area contributed by atoms with Crippen molar-refractivity contribution in [1.82, 2.24) is 14.6 Å². The smallest absolute Gasteiger partial charge is 0.157 e. The monoisotopic (exact) mass is 344 g/mol. The fourth-order valence-electron chi connectivity index (χ4n) is 2.57. The van der Waals surface area contributed by atoms with Crippen molar-refractivity contribution in [2.75, 3.05) is 11.9 Å². The highest BCUT2D eigenvalue weighted by Crippen LogP contribution is 2.33. The van der Waals surface area contributed by atoms with Crippen LogP contribution in [0.25, 0.3) is 5.65 Å². The van der Waals surface area contributed by atoms with Gasteiger partial charge in [0.1, 0.15) is 11.6 Å². The molecule has 106 valence electrons. The number of rotatable bonds is 3. The summed E-state index contributed by atoms with van der Waals surface area (Å²) in [6.07, 6.45) is 4.61. The van der Waals surface area contributed by atoms with Crippen LogP contribution in [-0.2, 0) is 13.0 Å². The van der Waals surface area contributed by atoms with Gasteiger partial charge in [0.05, 0.1) is 12.8 Å². The lowest BCUT2D eigenvalue weighted by atomic mass is 10.1. The molecule has 0 unspecified atom stereocenters. The number of anilines is 1. The molecular formula is C15H13BrN4O. The minimum absolute atomic E-state index is 0.680. The molecule has 0 atom stereocenters. The van der Waals surface area contributed by atoms with E-state index in [0.717, 1.165) is 40.3 Å². The SMILES string of the molecule is Brc1cc2c(c(CNc3ccn4nccc4n3)c1)OCC2. The Balaban J connectivity index is 1.59. The van der Waals surface area contributed by atoms with Gasteiger partial charge < -0.3 is 10.1 Å². The van der Waals surface area contributed by atoms with Crippen molar-refractivity contribution in [2.45, 2.75) is 13.0 Å². The lowest BCUT2D eigenvalue weighted by molar-refractivity contribution is 0.354. The van der Waals surface area contributed by atoms with Crippen molar-refractivity contribution < 1.29 is 4.74 Å². The van der Waals surface area contributed by atoms with Crippen molar-refractivity contribution >= 4 is 27.4 Å². The Labute approximate surface area is 130 Å². The summed E-state index contributed by atoms with van der Waals surface area (Å²) in [5.41, 5.74) is 3.24. The molecule has 1 aliphatic heterocycles. The second-order valence-electron chi connectivity index (χ2n) is 4.95. The number of benzene rings is 1. The molecular weight excluding hydrogens is 332 g/mol. The highest BCUT2D eigenvalue weighted by molar-refractivity contribution is 9.10. The van der Waals surface area contributed by atoms with E-state index < -0.39 is 0 Å². The molecule has 1 aliphatic rings. The second-order valence-corrected chi connectivity index (χ2v) is 5.87. The first kappa shape index (κ1) is 12.6. The second kappa shape index (κ2) is 5.04. The van der Waals surface area contributed by atoms with E-state index in [1.807, 2.05) is 18.3 Å². The van der Waals surface area contributed by atoms with Gasteiger partial charge in [0, 0.05) is 35.3 Å². The first-order valence-corrected chi connectivity index (χ1v) is 7.57. The third kappa shape index (κ3) is 2.35. The standard InChI is InChI=1S/C15H13BrN4O/c16-12-7-10-3-6-21-15(10)11(8-12)9-17-13-2-5-20-14(19-13)1-4-18-20/h1-2,4-5,7-8H,3,6,9H2,(H,17,19). The van der Waals surface area contributed by atoms with Gasteiger partial charge in [-0.2, -0.15) is 5.10 Å². The average Bonchev–Trinajstić information content (AvgIpc) is 3.12. The number of aromatic nitrogens is 3. The minimum atomic E-state index is 0.680. The van der Waals surface area contributed by atoms with E-state index in [-0.39, 0.29) is 0 Å². The summed E-state index contributed by atoms with van der Waals surface area (Å²) in [7, 11) is 0. The summed E-state index contributed by atoms with van der Waals surface area (Å²) in [4.78, 5) is 4.50. The molecule has 0 fully saturated rings. The lowest BCUT2D eigenvalue weighted by Gasteiger charge is -2.11. The molecule has 1 N–H and O–H groups in total. The predicted octanol–water partition coefficient (Wildman–Crippen LogP) is 3.04. The van der Waals surface area contributed by atoms with Gasteiger partial charge in [0.2, 0.25) is 0 Å². The number of halogens is 1. The molecule has 0 bridgehead atoms. The molecule has 6 heteroatoms. The van der Waals surface area contributed by atoms with E-state index in [4.69, 9.17) is 4.74 Å². The normalized spacial score (nSPS) is 13.2. The molecule has 0 saturated carbocycles. The van der Waals surface area contributed by atoms with Crippen LogP contribution in [0.2, 0.25) is 0 Å². The Bertz CT molecular complexity index is 815. The lowest BCUT2D eigenvalue weighted by Crippen LogP contribution is -2.04. The van der Waals surface area contributed by atoms with Crippen LogP contribution in [0.4, 0.5) is 5.82 Å². The first-order valence-electron chi connectivity index (χ1n) is 6.78. The molecule has 0 spiro atoms. The van der Waals surface area contributed by atoms with Crippen molar-refractivity contribution in [2.24, 2.45) is 0 Å². The van der Waals surface area contributed by atoms with Gasteiger partial charge >= 0.3 is 0 Å². The summed E-state index contributed by atoms with van der Waals surface area (Å²) in [6, 6.07) is 8.01. The molecule has 4 rings (SSSR count). The number of ether oxygens (including phenoxy) is 1. The molecule has 5 nitrogen and oxygen atoms in total. The molecule has 1 aromatic carbocycles. The maximum atomic E-state index is 5.74. The predicted molar refractivity (Wildman–Crippen MR) is 83.7 cm³/mol. The molecule has 0 radical (unpaired) electrons. The molecule has 0 amide bonds. The van der Waals surface area contributed by atoms with Gasteiger partial charge in [0.25, 0.3) is 0 Å². The maximum absolute atomic E-state index is 5.74. The van der Waals surface area contributed by atoms with Crippen LogP contribution >= 0.6 is 15.9 Å². The molecule has 21 heavy (non-hydrogen) atoms. The molecule has 3 heterocycles. The van der Waals surface area contributed by atoms with E-state index in [1.54, 1.807) is 10.7 Å². The average molecular weight is 345 g/mol. The van der Waals surface area contributed by atoms with Gasteiger partial charge in [-0.25, -0.2) is 9.50 Å². The zero-order chi connectivity index (χ0) is 14.2. The molecule has 2 aromatic heterocycles. The Morgan fingerprint density at radius 2 is 2.29 bits per heavy atom. The van der Waals surface area contributed by atoms with Crippen LogP contribution in [0.3, 0.4) is 0 Å². The number of hydrogen-bond donors (Lipinski definition) is 1. The number of nitrogens with one attached hydrogen (secondary N) is 1. The number of nitrogens with zero attached hydrogens (tertiary/aromatic N) is 3. The fourth-order valence-corrected chi connectivity index (χ4v) is 3.13. The molecule has 0 saturated heterocycles. The summed E-state index contributed by atoms with van der Waals surface area (Å²) < 4.78 is 8.56. The first-order chi connectivity index (χ1) is 10.3. The van der Waals surface area contributed by atoms with Crippen molar-refractivity contribution in [3.05, 3.63) is 52.3 Å². The summed E-state index contributed by atoms with van der Waals surface area (Å²) >= 11 is 3.56. The summed E-state index contributed by atoms with van der Waals surface area (Å²) in [5, 5.41) is 7.48. The van der Waals surface area contributed by atoms with Crippen LogP contribution in [0.1, 0.15) is 11.1 Å². The fraction of sp³-hybridized carbons (Fsp3) is 0.200. The Kier molecular flexibility index (Phi) is 3.03. The topological polar surface area (TPSA) is 51.5 Å². The van der Waals surface area contributed by atoms with Crippen LogP contribution in [0, 0.1) is 0 Å². The van der Waals surface area contributed by atoms with Gasteiger partial charge in [-0.05, 0) is 23.8 Å². The third-order valence-corrected chi connectivity index (χ3v) is 4.00. The van der Waals surface area contributed by atoms with Crippen LogP contribution < -0.4 is 10.1 Å². The number of fused-ring (bicyclic) bond motifs is 2. The third-order valence-electron chi connectivity index (χ3n) is 3.54. The van der Waals surface area contributed by atoms with Crippen LogP contribution in [-0.4, -0.2) is 21.2 Å². The largest absolute Gasteiger partial charge is 0.493 e. The van der Waals surface area contributed by atoms with Gasteiger partial charge in [0.15, 0.2) is 5.65 Å². The van der Waals surface area contributed by atoms with Gasteiger partial charge in [-0.1, -0.05) is 15.9 Å². The van der Waals surface area contributed by atoms with Crippen molar-refractivity contribution in [3.8, 4) is 5.75 Å².